The molecule has 1 fully saturated rings. The Balaban J connectivity index is 1.32. The number of amides is 2. The molecule has 4 nitrogen and oxygen atoms in total. The number of hydrogen-bond acceptors (Lipinski definition) is 4. The molecule has 0 unspecified atom stereocenters. The van der Waals surface area contributed by atoms with Crippen LogP contribution in [0.1, 0.15) is 34.3 Å². The van der Waals surface area contributed by atoms with Gasteiger partial charge in [-0.25, -0.2) is 0 Å². The van der Waals surface area contributed by atoms with E-state index in [0.717, 1.165) is 34.7 Å². The van der Waals surface area contributed by atoms with E-state index < -0.39 is 0 Å². The van der Waals surface area contributed by atoms with E-state index in [4.69, 9.17) is 0 Å². The summed E-state index contributed by atoms with van der Waals surface area (Å²) < 4.78 is 0. The van der Waals surface area contributed by atoms with Gasteiger partial charge >= 0.3 is 0 Å². The fourth-order valence-corrected chi connectivity index (χ4v) is 4.66. The van der Waals surface area contributed by atoms with Crippen LogP contribution in [0, 0.1) is 5.92 Å². The summed E-state index contributed by atoms with van der Waals surface area (Å²) in [5.41, 5.74) is 3.75. The zero-order valence-corrected chi connectivity index (χ0v) is 17.5. The summed E-state index contributed by atoms with van der Waals surface area (Å²) in [5.74, 6) is 1.06. The summed E-state index contributed by atoms with van der Waals surface area (Å²) in [6.07, 6.45) is 1.98. The summed E-state index contributed by atoms with van der Waals surface area (Å²) in [4.78, 5) is 25.5. The van der Waals surface area contributed by atoms with Crippen LogP contribution in [-0.2, 0) is 17.1 Å². The number of thioether (sulfide) groups is 1. The molecule has 1 aromatic heterocycles. The summed E-state index contributed by atoms with van der Waals surface area (Å²) in [6.45, 7) is 0.444. The van der Waals surface area contributed by atoms with Crippen molar-refractivity contribution in [1.29, 1.82) is 0 Å². The smallest absolute Gasteiger partial charge is 0.252 e. The molecule has 29 heavy (non-hydrogen) atoms. The lowest BCUT2D eigenvalue weighted by atomic mass is 10.1. The SMILES string of the molecule is O=C(NCc1ccc(NC(=O)C2CC2)cc1)c1ccccc1SCc1ccsc1. The third kappa shape index (κ3) is 5.49. The molecular formula is C23H22N2O2S2. The number of carbonyl (C=O) groups is 2. The second-order valence-corrected chi connectivity index (χ2v) is 8.86. The van der Waals surface area contributed by atoms with E-state index in [-0.39, 0.29) is 17.7 Å². The lowest BCUT2D eigenvalue weighted by Gasteiger charge is -2.10. The first-order valence-electron chi connectivity index (χ1n) is 9.60. The molecule has 2 amide bonds. The van der Waals surface area contributed by atoms with Crippen molar-refractivity contribution in [1.82, 2.24) is 5.32 Å². The molecule has 0 saturated heterocycles. The van der Waals surface area contributed by atoms with Gasteiger partial charge in [0.15, 0.2) is 0 Å². The molecule has 2 N–H and O–H groups in total. The van der Waals surface area contributed by atoms with Crippen LogP contribution in [0.15, 0.2) is 70.3 Å². The third-order valence-electron chi connectivity index (χ3n) is 4.73. The molecule has 6 heteroatoms. The molecule has 1 aliphatic carbocycles. The van der Waals surface area contributed by atoms with Gasteiger partial charge in [-0.2, -0.15) is 11.3 Å². The van der Waals surface area contributed by atoms with Crippen LogP contribution in [0.5, 0.6) is 0 Å². The van der Waals surface area contributed by atoms with Gasteiger partial charge in [-0.1, -0.05) is 24.3 Å². The predicted octanol–water partition coefficient (Wildman–Crippen LogP) is 5.32. The summed E-state index contributed by atoms with van der Waals surface area (Å²) in [6, 6.07) is 17.4. The first-order chi connectivity index (χ1) is 14.2. The Bertz CT molecular complexity index is 980. The standard InChI is InChI=1S/C23H22N2O2S2/c26-22(18-7-8-18)25-19-9-5-16(6-10-19)13-24-23(27)20-3-1-2-4-21(20)29-15-17-11-12-28-14-17/h1-6,9-12,14,18H,7-8,13,15H2,(H,24,27)(H,25,26). The van der Waals surface area contributed by atoms with E-state index in [2.05, 4.69) is 27.5 Å². The average molecular weight is 423 g/mol. The van der Waals surface area contributed by atoms with Crippen molar-refractivity contribution >= 4 is 40.6 Å². The maximum atomic E-state index is 12.7. The minimum atomic E-state index is -0.0791. The molecule has 0 aliphatic heterocycles. The Kier molecular flexibility index (Phi) is 6.32. The minimum absolute atomic E-state index is 0.0791. The monoisotopic (exact) mass is 422 g/mol. The number of carbonyl (C=O) groups excluding carboxylic acids is 2. The third-order valence-corrected chi connectivity index (χ3v) is 6.61. The van der Waals surface area contributed by atoms with E-state index >= 15 is 0 Å². The second kappa shape index (κ2) is 9.29. The van der Waals surface area contributed by atoms with Crippen molar-refractivity contribution < 1.29 is 9.59 Å². The quantitative estimate of drug-likeness (QED) is 0.483. The van der Waals surface area contributed by atoms with Crippen LogP contribution < -0.4 is 10.6 Å². The normalized spacial score (nSPS) is 13.1. The van der Waals surface area contributed by atoms with Gasteiger partial charge in [-0.3, -0.25) is 9.59 Å². The molecule has 0 radical (unpaired) electrons. The van der Waals surface area contributed by atoms with E-state index in [1.165, 1.54) is 5.56 Å². The first kappa shape index (κ1) is 19.7. The number of rotatable bonds is 8. The van der Waals surface area contributed by atoms with Crippen LogP contribution in [0.3, 0.4) is 0 Å². The van der Waals surface area contributed by atoms with Crippen LogP contribution in [0.4, 0.5) is 5.69 Å². The zero-order valence-electron chi connectivity index (χ0n) is 15.9. The Morgan fingerprint density at radius 1 is 1.00 bits per heavy atom. The lowest BCUT2D eigenvalue weighted by molar-refractivity contribution is -0.117. The van der Waals surface area contributed by atoms with E-state index in [1.54, 1.807) is 23.1 Å². The Morgan fingerprint density at radius 3 is 2.52 bits per heavy atom. The van der Waals surface area contributed by atoms with Crippen LogP contribution in [0.2, 0.25) is 0 Å². The van der Waals surface area contributed by atoms with Crippen molar-refractivity contribution in [3.63, 3.8) is 0 Å². The fourth-order valence-electron chi connectivity index (χ4n) is 2.89. The van der Waals surface area contributed by atoms with Gasteiger partial charge < -0.3 is 10.6 Å². The van der Waals surface area contributed by atoms with E-state index in [0.29, 0.717) is 12.1 Å². The molecule has 3 aromatic rings. The number of thiophene rings is 1. The van der Waals surface area contributed by atoms with Gasteiger partial charge in [0.25, 0.3) is 5.91 Å². The van der Waals surface area contributed by atoms with Gasteiger partial charge in [-0.15, -0.1) is 11.8 Å². The van der Waals surface area contributed by atoms with Crippen molar-refractivity contribution in [3.8, 4) is 0 Å². The highest BCUT2D eigenvalue weighted by molar-refractivity contribution is 7.98. The van der Waals surface area contributed by atoms with Gasteiger partial charge in [-0.05, 0) is 65.1 Å². The topological polar surface area (TPSA) is 58.2 Å². The molecule has 148 valence electrons. The van der Waals surface area contributed by atoms with Gasteiger partial charge in [0, 0.05) is 28.8 Å². The van der Waals surface area contributed by atoms with Crippen LogP contribution in [-0.4, -0.2) is 11.8 Å². The Morgan fingerprint density at radius 2 is 1.79 bits per heavy atom. The first-order valence-corrected chi connectivity index (χ1v) is 11.5. The van der Waals surface area contributed by atoms with Crippen molar-refractivity contribution in [2.75, 3.05) is 5.32 Å². The Labute approximate surface area is 178 Å². The molecule has 0 atom stereocenters. The second-order valence-electron chi connectivity index (χ2n) is 7.06. The largest absolute Gasteiger partial charge is 0.348 e. The molecule has 4 rings (SSSR count). The van der Waals surface area contributed by atoms with E-state index in [1.807, 2.05) is 48.5 Å². The van der Waals surface area contributed by atoms with Crippen LogP contribution in [0.25, 0.3) is 0 Å². The highest BCUT2D eigenvalue weighted by atomic mass is 32.2. The van der Waals surface area contributed by atoms with Gasteiger partial charge in [0.1, 0.15) is 0 Å². The number of benzene rings is 2. The number of hydrogen-bond donors (Lipinski definition) is 2. The molecule has 2 aromatic carbocycles. The summed E-state index contributed by atoms with van der Waals surface area (Å²) in [5, 5.41) is 10.1. The summed E-state index contributed by atoms with van der Waals surface area (Å²) in [7, 11) is 0. The van der Waals surface area contributed by atoms with Crippen LogP contribution >= 0.6 is 23.1 Å². The minimum Gasteiger partial charge on any atom is -0.348 e. The molecular weight excluding hydrogens is 400 g/mol. The highest BCUT2D eigenvalue weighted by Gasteiger charge is 2.29. The average Bonchev–Trinajstić information content (AvgIpc) is 3.48. The lowest BCUT2D eigenvalue weighted by Crippen LogP contribution is -2.23. The summed E-state index contributed by atoms with van der Waals surface area (Å²) >= 11 is 3.36. The molecule has 0 bridgehead atoms. The maximum Gasteiger partial charge on any atom is 0.252 e. The van der Waals surface area contributed by atoms with Gasteiger partial charge in [0.2, 0.25) is 5.91 Å². The van der Waals surface area contributed by atoms with E-state index in [9.17, 15) is 9.59 Å². The van der Waals surface area contributed by atoms with Crippen molar-refractivity contribution in [2.24, 2.45) is 5.92 Å². The Hall–Kier alpha value is -2.57. The molecule has 1 aliphatic rings. The van der Waals surface area contributed by atoms with Crippen molar-refractivity contribution in [3.05, 3.63) is 82.0 Å². The molecule has 0 spiro atoms. The van der Waals surface area contributed by atoms with Gasteiger partial charge in [0.05, 0.1) is 5.56 Å². The van der Waals surface area contributed by atoms with Crippen molar-refractivity contribution in [2.45, 2.75) is 30.0 Å². The maximum absolute atomic E-state index is 12.7. The fraction of sp³-hybridized carbons (Fsp3) is 0.217. The molecule has 1 saturated carbocycles. The number of nitrogens with one attached hydrogen (secondary N) is 2. The number of anilines is 1. The highest BCUT2D eigenvalue weighted by Crippen LogP contribution is 2.30. The molecule has 1 heterocycles. The predicted molar refractivity (Wildman–Crippen MR) is 119 cm³/mol. The zero-order chi connectivity index (χ0) is 20.1.